The minimum atomic E-state index is -3.58. The van der Waals surface area contributed by atoms with Gasteiger partial charge in [-0.3, -0.25) is 14.7 Å². The Labute approximate surface area is 162 Å². The van der Waals surface area contributed by atoms with E-state index < -0.39 is 18.3 Å². The molecule has 28 heavy (non-hydrogen) atoms. The molecule has 0 saturated carbocycles. The van der Waals surface area contributed by atoms with Crippen LogP contribution >= 0.6 is 7.60 Å². The summed E-state index contributed by atoms with van der Waals surface area (Å²) in [5.41, 5.74) is 2.18. The first-order valence-corrected chi connectivity index (χ1v) is 10.6. The maximum absolute atomic E-state index is 13.6. The van der Waals surface area contributed by atoms with Crippen molar-refractivity contribution in [1.29, 1.82) is 0 Å². The molecule has 2 aromatic carbocycles. The number of H-pyrrole nitrogens is 1. The van der Waals surface area contributed by atoms with Crippen LogP contribution in [-0.2, 0) is 13.6 Å². The van der Waals surface area contributed by atoms with Crippen LogP contribution in [0.5, 0.6) is 0 Å². The van der Waals surface area contributed by atoms with Crippen molar-refractivity contribution in [1.82, 2.24) is 4.98 Å². The number of hydrogen-bond donors (Lipinski definition) is 2. The zero-order chi connectivity index (χ0) is 20.1. The molecule has 1 aromatic heterocycles. The number of nitro benzene ring substituents is 1. The third-order valence-electron chi connectivity index (χ3n) is 4.23. The molecule has 0 aliphatic rings. The molecule has 1 atom stereocenters. The van der Waals surface area contributed by atoms with E-state index in [1.54, 1.807) is 32.2 Å². The maximum Gasteiger partial charge on any atom is 0.357 e. The van der Waals surface area contributed by atoms with Gasteiger partial charge in [-0.1, -0.05) is 18.2 Å². The van der Waals surface area contributed by atoms with E-state index in [-0.39, 0.29) is 18.9 Å². The molecule has 0 bridgehead atoms. The lowest BCUT2D eigenvalue weighted by molar-refractivity contribution is -0.384. The van der Waals surface area contributed by atoms with Gasteiger partial charge in [0, 0.05) is 40.5 Å². The zero-order valence-electron chi connectivity index (χ0n) is 15.6. The number of aromatic amines is 1. The highest BCUT2D eigenvalue weighted by molar-refractivity contribution is 7.54. The van der Waals surface area contributed by atoms with Crippen molar-refractivity contribution in [3.8, 4) is 0 Å². The van der Waals surface area contributed by atoms with Gasteiger partial charge in [0.2, 0.25) is 0 Å². The molecule has 0 fully saturated rings. The van der Waals surface area contributed by atoms with Crippen molar-refractivity contribution in [2.24, 2.45) is 0 Å². The SMILES string of the molecule is CCOP(=O)(OCC)C(Nc1ccc([N+](=O)[O-])cc1)c1c[nH]c2ccccc12. The highest BCUT2D eigenvalue weighted by atomic mass is 31.2. The van der Waals surface area contributed by atoms with E-state index in [2.05, 4.69) is 10.3 Å². The molecule has 1 heterocycles. The van der Waals surface area contributed by atoms with Crippen LogP contribution in [0.4, 0.5) is 11.4 Å². The van der Waals surface area contributed by atoms with E-state index >= 15 is 0 Å². The Morgan fingerprint density at radius 3 is 2.36 bits per heavy atom. The Kier molecular flexibility index (Phi) is 6.14. The molecule has 0 aliphatic heterocycles. The van der Waals surface area contributed by atoms with Gasteiger partial charge in [0.05, 0.1) is 18.1 Å². The van der Waals surface area contributed by atoms with Crippen LogP contribution in [-0.4, -0.2) is 23.1 Å². The summed E-state index contributed by atoms with van der Waals surface area (Å²) in [5, 5.41) is 15.0. The van der Waals surface area contributed by atoms with Crippen molar-refractivity contribution in [2.45, 2.75) is 19.6 Å². The average Bonchev–Trinajstić information content (AvgIpc) is 3.10. The Morgan fingerprint density at radius 2 is 1.75 bits per heavy atom. The van der Waals surface area contributed by atoms with E-state index in [1.165, 1.54) is 12.1 Å². The van der Waals surface area contributed by atoms with Crippen molar-refractivity contribution >= 4 is 29.9 Å². The van der Waals surface area contributed by atoms with Gasteiger partial charge in [-0.2, -0.15) is 0 Å². The number of anilines is 1. The average molecular weight is 403 g/mol. The number of nitrogens with one attached hydrogen (secondary N) is 2. The minimum absolute atomic E-state index is 0.0213. The van der Waals surface area contributed by atoms with Gasteiger partial charge in [-0.15, -0.1) is 0 Å². The number of fused-ring (bicyclic) bond motifs is 1. The summed E-state index contributed by atoms with van der Waals surface area (Å²) in [7, 11) is -3.58. The largest absolute Gasteiger partial charge is 0.368 e. The van der Waals surface area contributed by atoms with Gasteiger partial charge in [-0.05, 0) is 32.0 Å². The number of benzene rings is 2. The summed E-state index contributed by atoms with van der Waals surface area (Å²) in [6, 6.07) is 13.6. The van der Waals surface area contributed by atoms with E-state index in [0.717, 1.165) is 16.5 Å². The molecule has 8 nitrogen and oxygen atoms in total. The van der Waals surface area contributed by atoms with Crippen molar-refractivity contribution in [2.75, 3.05) is 18.5 Å². The Balaban J connectivity index is 2.06. The van der Waals surface area contributed by atoms with Crippen molar-refractivity contribution in [3.05, 3.63) is 70.4 Å². The minimum Gasteiger partial charge on any atom is -0.368 e. The summed E-state index contributed by atoms with van der Waals surface area (Å²) in [6.07, 6.45) is 1.78. The summed E-state index contributed by atoms with van der Waals surface area (Å²) < 4.78 is 24.8. The Bertz CT molecular complexity index is 992. The van der Waals surface area contributed by atoms with Crippen LogP contribution in [0, 0.1) is 10.1 Å². The molecule has 148 valence electrons. The molecule has 2 N–H and O–H groups in total. The first-order valence-electron chi connectivity index (χ1n) is 8.94. The third kappa shape index (κ3) is 4.09. The molecular weight excluding hydrogens is 381 g/mol. The second-order valence-corrected chi connectivity index (χ2v) is 8.13. The number of rotatable bonds is 9. The Morgan fingerprint density at radius 1 is 1.11 bits per heavy atom. The van der Waals surface area contributed by atoms with E-state index in [4.69, 9.17) is 9.05 Å². The van der Waals surface area contributed by atoms with Gasteiger partial charge in [0.15, 0.2) is 5.78 Å². The van der Waals surface area contributed by atoms with E-state index in [1.807, 2.05) is 24.3 Å². The highest BCUT2D eigenvalue weighted by Crippen LogP contribution is 2.61. The number of non-ortho nitro benzene ring substituents is 1. The van der Waals surface area contributed by atoms with Crippen LogP contribution in [0.3, 0.4) is 0 Å². The number of para-hydroxylation sites is 1. The molecule has 0 aliphatic carbocycles. The summed E-state index contributed by atoms with van der Waals surface area (Å²) in [5.74, 6) is -0.787. The lowest BCUT2D eigenvalue weighted by Gasteiger charge is -2.27. The fourth-order valence-corrected chi connectivity index (χ4v) is 4.98. The molecule has 0 spiro atoms. The smallest absolute Gasteiger partial charge is 0.357 e. The first kappa shape index (κ1) is 20.1. The van der Waals surface area contributed by atoms with Crippen LogP contribution < -0.4 is 5.32 Å². The predicted octanol–water partition coefficient (Wildman–Crippen LogP) is 5.45. The number of nitrogens with zero attached hydrogens (tertiary/aromatic N) is 1. The number of aromatic nitrogens is 1. The number of hydrogen-bond acceptors (Lipinski definition) is 6. The summed E-state index contributed by atoms with van der Waals surface area (Å²) in [6.45, 7) is 3.95. The normalized spacial score (nSPS) is 12.8. The number of nitro groups is 1. The van der Waals surface area contributed by atoms with Crippen molar-refractivity contribution < 1.29 is 18.5 Å². The van der Waals surface area contributed by atoms with Gasteiger partial charge in [0.25, 0.3) is 5.69 Å². The quantitative estimate of drug-likeness (QED) is 0.279. The van der Waals surface area contributed by atoms with E-state index in [9.17, 15) is 14.7 Å². The molecule has 0 amide bonds. The van der Waals surface area contributed by atoms with Gasteiger partial charge in [-0.25, -0.2) is 0 Å². The standard InChI is InChI=1S/C19H22N3O5P/c1-3-26-28(25,27-4-2)19(17-13-20-18-8-6-5-7-16(17)18)21-14-9-11-15(12-10-14)22(23)24/h5-13,19-21H,3-4H2,1-2H3. The predicted molar refractivity (Wildman–Crippen MR) is 109 cm³/mol. The molecule has 0 saturated heterocycles. The topological polar surface area (TPSA) is 106 Å². The summed E-state index contributed by atoms with van der Waals surface area (Å²) in [4.78, 5) is 13.6. The van der Waals surface area contributed by atoms with E-state index in [0.29, 0.717) is 5.69 Å². The summed E-state index contributed by atoms with van der Waals surface area (Å²) >= 11 is 0. The maximum atomic E-state index is 13.6. The second-order valence-electron chi connectivity index (χ2n) is 6.02. The van der Waals surface area contributed by atoms with Crippen LogP contribution in [0.1, 0.15) is 25.2 Å². The lowest BCUT2D eigenvalue weighted by Crippen LogP contribution is -2.15. The fraction of sp³-hybridized carbons (Fsp3) is 0.263. The van der Waals surface area contributed by atoms with Crippen LogP contribution in [0.25, 0.3) is 10.9 Å². The molecule has 1 unspecified atom stereocenters. The van der Waals surface area contributed by atoms with Gasteiger partial charge < -0.3 is 19.3 Å². The second kappa shape index (κ2) is 8.56. The Hall–Kier alpha value is -2.67. The molecule has 3 aromatic rings. The van der Waals surface area contributed by atoms with Crippen molar-refractivity contribution in [3.63, 3.8) is 0 Å². The van der Waals surface area contributed by atoms with Gasteiger partial charge >= 0.3 is 7.60 Å². The van der Waals surface area contributed by atoms with Crippen LogP contribution in [0.2, 0.25) is 0 Å². The zero-order valence-corrected chi connectivity index (χ0v) is 16.5. The molecular formula is C19H22N3O5P. The lowest BCUT2D eigenvalue weighted by atomic mass is 10.1. The molecule has 3 rings (SSSR count). The monoisotopic (exact) mass is 403 g/mol. The molecule has 9 heteroatoms. The first-order chi connectivity index (χ1) is 13.5. The third-order valence-corrected chi connectivity index (χ3v) is 6.51. The van der Waals surface area contributed by atoms with Gasteiger partial charge in [0.1, 0.15) is 0 Å². The fourth-order valence-electron chi connectivity index (χ4n) is 3.03. The van der Waals surface area contributed by atoms with Crippen LogP contribution in [0.15, 0.2) is 54.7 Å². The molecule has 0 radical (unpaired) electrons. The highest BCUT2D eigenvalue weighted by Gasteiger charge is 2.38.